The van der Waals surface area contributed by atoms with Crippen LogP contribution in [0.3, 0.4) is 0 Å². The molecular weight excluding hydrogens is 300 g/mol. The van der Waals surface area contributed by atoms with Gasteiger partial charge in [0.2, 0.25) is 0 Å². The molecule has 2 saturated carbocycles. The van der Waals surface area contributed by atoms with Gasteiger partial charge in [-0.3, -0.25) is 9.78 Å². The largest absolute Gasteiger partial charge is 0.349 e. The Hall–Kier alpha value is -2.23. The normalized spacial score (nSPS) is 28.7. The lowest BCUT2D eigenvalue weighted by molar-refractivity contribution is -0.108. The summed E-state index contributed by atoms with van der Waals surface area (Å²) in [5.74, 6) is 0.555. The molecule has 2 aromatic rings. The zero-order chi connectivity index (χ0) is 16.6. The molecule has 0 radical (unpaired) electrons. The van der Waals surface area contributed by atoms with Gasteiger partial charge in [0.1, 0.15) is 6.29 Å². The van der Waals surface area contributed by atoms with E-state index in [1.807, 2.05) is 30.3 Å². The minimum Gasteiger partial charge on any atom is -0.349 e. The van der Waals surface area contributed by atoms with Crippen molar-refractivity contribution < 1.29 is 9.59 Å². The quantitative estimate of drug-likeness (QED) is 0.876. The van der Waals surface area contributed by atoms with Gasteiger partial charge in [-0.25, -0.2) is 0 Å². The van der Waals surface area contributed by atoms with Crippen LogP contribution in [0.5, 0.6) is 0 Å². The van der Waals surface area contributed by atoms with E-state index in [0.29, 0.717) is 17.9 Å². The van der Waals surface area contributed by atoms with Crippen molar-refractivity contribution in [2.24, 2.45) is 11.3 Å². The van der Waals surface area contributed by atoms with Crippen LogP contribution < -0.4 is 5.32 Å². The van der Waals surface area contributed by atoms with Crippen LogP contribution in [-0.2, 0) is 4.79 Å². The minimum absolute atomic E-state index is 0.00508. The van der Waals surface area contributed by atoms with E-state index >= 15 is 0 Å². The molecule has 4 nitrogen and oxygen atoms in total. The van der Waals surface area contributed by atoms with Gasteiger partial charge in [-0.15, -0.1) is 0 Å². The topological polar surface area (TPSA) is 59.1 Å². The first kappa shape index (κ1) is 15.3. The third-order valence-corrected chi connectivity index (χ3v) is 5.92. The van der Waals surface area contributed by atoms with Crippen LogP contribution in [-0.4, -0.2) is 23.2 Å². The fraction of sp³-hybridized carbons (Fsp3) is 0.450. The number of carbonyl (C=O) groups is 2. The van der Waals surface area contributed by atoms with E-state index in [0.717, 1.165) is 49.3 Å². The second-order valence-electron chi connectivity index (χ2n) is 7.31. The van der Waals surface area contributed by atoms with Crippen LogP contribution >= 0.6 is 0 Å². The fourth-order valence-corrected chi connectivity index (χ4v) is 4.27. The van der Waals surface area contributed by atoms with Crippen molar-refractivity contribution in [1.29, 1.82) is 0 Å². The van der Waals surface area contributed by atoms with Crippen LogP contribution in [0.1, 0.15) is 48.9 Å². The number of fused-ring (bicyclic) bond motifs is 1. The van der Waals surface area contributed by atoms with Gasteiger partial charge in [0.05, 0.1) is 5.52 Å². The molecule has 2 aliphatic carbocycles. The highest BCUT2D eigenvalue weighted by atomic mass is 16.1. The summed E-state index contributed by atoms with van der Waals surface area (Å²) in [4.78, 5) is 27.7. The van der Waals surface area contributed by atoms with E-state index in [4.69, 9.17) is 0 Å². The van der Waals surface area contributed by atoms with E-state index < -0.39 is 0 Å². The summed E-state index contributed by atoms with van der Waals surface area (Å²) in [7, 11) is 0. The Labute approximate surface area is 141 Å². The molecule has 1 heterocycles. The predicted octanol–water partition coefficient (Wildman–Crippen LogP) is 3.50. The van der Waals surface area contributed by atoms with Crippen LogP contribution in [0.2, 0.25) is 0 Å². The molecule has 4 heteroatoms. The third kappa shape index (κ3) is 2.70. The second-order valence-corrected chi connectivity index (χ2v) is 7.31. The molecular formula is C20H22N2O2. The predicted molar refractivity (Wildman–Crippen MR) is 92.7 cm³/mol. The number of amides is 1. The fourth-order valence-electron chi connectivity index (χ4n) is 4.27. The molecule has 0 bridgehead atoms. The molecule has 1 spiro atoms. The molecule has 1 N–H and O–H groups in total. The highest BCUT2D eigenvalue weighted by Crippen LogP contribution is 2.57. The molecule has 1 unspecified atom stereocenters. The van der Waals surface area contributed by atoms with Crippen LogP contribution in [0.25, 0.3) is 10.9 Å². The smallest absolute Gasteiger partial charge is 0.252 e. The first-order valence-electron chi connectivity index (χ1n) is 8.80. The Bertz CT molecular complexity index is 773. The summed E-state index contributed by atoms with van der Waals surface area (Å²) in [6, 6.07) is 9.79. The third-order valence-electron chi connectivity index (χ3n) is 5.92. The molecule has 1 aromatic heterocycles. The van der Waals surface area contributed by atoms with Gasteiger partial charge in [-0.05, 0) is 61.6 Å². The Morgan fingerprint density at radius 3 is 2.88 bits per heavy atom. The van der Waals surface area contributed by atoms with Gasteiger partial charge in [0.15, 0.2) is 0 Å². The van der Waals surface area contributed by atoms with Gasteiger partial charge in [0.25, 0.3) is 5.91 Å². The maximum atomic E-state index is 12.7. The maximum absolute atomic E-state index is 12.7. The number of pyridine rings is 1. The van der Waals surface area contributed by atoms with E-state index in [-0.39, 0.29) is 17.4 Å². The molecule has 0 saturated heterocycles. The molecule has 4 rings (SSSR count). The van der Waals surface area contributed by atoms with Crippen molar-refractivity contribution in [3.8, 4) is 0 Å². The summed E-state index contributed by atoms with van der Waals surface area (Å²) < 4.78 is 0. The average Bonchev–Trinajstić information content (AvgIpc) is 3.28. The lowest BCUT2D eigenvalue weighted by atomic mass is 9.78. The summed E-state index contributed by atoms with van der Waals surface area (Å²) in [6.45, 7) is 0. The van der Waals surface area contributed by atoms with E-state index in [1.54, 1.807) is 6.20 Å². The van der Waals surface area contributed by atoms with Crippen molar-refractivity contribution >= 4 is 23.1 Å². The Kier molecular flexibility index (Phi) is 3.83. The molecule has 1 atom stereocenters. The summed E-state index contributed by atoms with van der Waals surface area (Å²) in [6.07, 6.45) is 9.06. The number of benzene rings is 1. The minimum atomic E-state index is 0.00508. The molecule has 124 valence electrons. The Balaban J connectivity index is 1.44. The zero-order valence-corrected chi connectivity index (χ0v) is 13.7. The number of hydrogen-bond acceptors (Lipinski definition) is 3. The van der Waals surface area contributed by atoms with Gasteiger partial charge in [0, 0.05) is 29.6 Å². The lowest BCUT2D eigenvalue weighted by Gasteiger charge is -2.28. The summed E-state index contributed by atoms with van der Waals surface area (Å²) >= 11 is 0. The standard InChI is InChI=1S/C20H22N2O2/c23-12-8-14-6-9-20(10-7-14)13-18(20)22-19(24)16-3-1-5-17-15(16)4-2-11-21-17/h1-5,11-12,14,18H,6-10,13H2,(H,22,24). The van der Waals surface area contributed by atoms with Crippen LogP contribution in [0.15, 0.2) is 36.5 Å². The van der Waals surface area contributed by atoms with E-state index in [2.05, 4.69) is 10.3 Å². The van der Waals surface area contributed by atoms with Crippen molar-refractivity contribution in [3.05, 3.63) is 42.1 Å². The van der Waals surface area contributed by atoms with Crippen molar-refractivity contribution in [2.45, 2.75) is 44.6 Å². The molecule has 1 amide bonds. The number of carbonyl (C=O) groups excluding carboxylic acids is 2. The molecule has 2 aliphatic rings. The molecule has 1 aromatic carbocycles. The molecule has 24 heavy (non-hydrogen) atoms. The first-order chi connectivity index (χ1) is 11.7. The van der Waals surface area contributed by atoms with Gasteiger partial charge < -0.3 is 10.1 Å². The second kappa shape index (κ2) is 6.00. The van der Waals surface area contributed by atoms with Crippen molar-refractivity contribution in [2.75, 3.05) is 0 Å². The Morgan fingerprint density at radius 2 is 2.08 bits per heavy atom. The van der Waals surface area contributed by atoms with E-state index in [9.17, 15) is 9.59 Å². The van der Waals surface area contributed by atoms with Gasteiger partial charge >= 0.3 is 0 Å². The SMILES string of the molecule is O=CCC1CCC2(CC1)CC2NC(=O)c1cccc2ncccc12. The molecule has 2 fully saturated rings. The number of hydrogen-bond donors (Lipinski definition) is 1. The van der Waals surface area contributed by atoms with E-state index in [1.165, 1.54) is 0 Å². The highest BCUT2D eigenvalue weighted by molar-refractivity contribution is 6.06. The average molecular weight is 322 g/mol. The van der Waals surface area contributed by atoms with Crippen molar-refractivity contribution in [1.82, 2.24) is 10.3 Å². The van der Waals surface area contributed by atoms with Gasteiger partial charge in [-0.1, -0.05) is 12.1 Å². The van der Waals surface area contributed by atoms with Crippen LogP contribution in [0.4, 0.5) is 0 Å². The van der Waals surface area contributed by atoms with Crippen molar-refractivity contribution in [3.63, 3.8) is 0 Å². The summed E-state index contributed by atoms with van der Waals surface area (Å²) in [5, 5.41) is 4.14. The number of nitrogens with one attached hydrogen (secondary N) is 1. The zero-order valence-electron chi connectivity index (χ0n) is 13.7. The molecule has 0 aliphatic heterocycles. The highest BCUT2D eigenvalue weighted by Gasteiger charge is 2.55. The van der Waals surface area contributed by atoms with Gasteiger partial charge in [-0.2, -0.15) is 0 Å². The summed E-state index contributed by atoms with van der Waals surface area (Å²) in [5.41, 5.74) is 1.85. The number of rotatable bonds is 4. The lowest BCUT2D eigenvalue weighted by Crippen LogP contribution is -2.31. The number of aldehydes is 1. The maximum Gasteiger partial charge on any atom is 0.252 e. The first-order valence-corrected chi connectivity index (χ1v) is 8.80. The number of aromatic nitrogens is 1. The monoisotopic (exact) mass is 322 g/mol. The number of nitrogens with zero attached hydrogens (tertiary/aromatic N) is 1. The Morgan fingerprint density at radius 1 is 1.25 bits per heavy atom. The van der Waals surface area contributed by atoms with Crippen LogP contribution in [0, 0.1) is 11.3 Å².